The van der Waals surface area contributed by atoms with Crippen LogP contribution >= 0.6 is 0 Å². The van der Waals surface area contributed by atoms with Crippen molar-refractivity contribution in [1.29, 1.82) is 0 Å². The first-order valence-corrected chi connectivity index (χ1v) is 6.76. The molecule has 0 spiro atoms. The first-order chi connectivity index (χ1) is 11.1. The van der Waals surface area contributed by atoms with Gasteiger partial charge in [-0.2, -0.15) is 13.2 Å². The Bertz CT molecular complexity index is 734. The molecule has 128 valence electrons. The van der Waals surface area contributed by atoms with E-state index in [-0.39, 0.29) is 0 Å². The monoisotopic (exact) mass is 343 g/mol. The quantitative estimate of drug-likeness (QED) is 0.748. The van der Waals surface area contributed by atoms with E-state index >= 15 is 0 Å². The fourth-order valence-electron chi connectivity index (χ4n) is 2.07. The molecule has 1 atom stereocenters. The maximum atomic E-state index is 13.6. The van der Waals surface area contributed by atoms with Crippen LogP contribution in [0, 0.1) is 5.82 Å². The average Bonchev–Trinajstić information content (AvgIpc) is 2.52. The van der Waals surface area contributed by atoms with Gasteiger partial charge in [0.25, 0.3) is 5.91 Å². The number of aromatic hydroxyl groups is 1. The number of alkyl halides is 3. The second-order valence-electron chi connectivity index (χ2n) is 5.07. The number of rotatable bonds is 4. The standard InChI is InChI=1S/C16H13F4NO3/c17-13-8-11(22)6-7-12(13)14(23)21-9-15(24,16(18,19)20)10-4-2-1-3-5-10/h1-8,22,24H,9H2,(H,21,23)/t15-/m1/s1. The van der Waals surface area contributed by atoms with Crippen molar-refractivity contribution in [3.63, 3.8) is 0 Å². The predicted octanol–water partition coefficient (Wildman–Crippen LogP) is 2.71. The van der Waals surface area contributed by atoms with E-state index in [0.29, 0.717) is 6.07 Å². The van der Waals surface area contributed by atoms with Crippen molar-refractivity contribution >= 4 is 5.91 Å². The van der Waals surface area contributed by atoms with Gasteiger partial charge in [0.05, 0.1) is 12.1 Å². The lowest BCUT2D eigenvalue weighted by molar-refractivity contribution is -0.263. The second-order valence-corrected chi connectivity index (χ2v) is 5.07. The lowest BCUT2D eigenvalue weighted by Gasteiger charge is -2.31. The van der Waals surface area contributed by atoms with Gasteiger partial charge in [-0.1, -0.05) is 30.3 Å². The Hall–Kier alpha value is -2.61. The summed E-state index contributed by atoms with van der Waals surface area (Å²) in [6.45, 7) is -1.19. The van der Waals surface area contributed by atoms with Gasteiger partial charge in [-0.15, -0.1) is 0 Å². The molecule has 0 aliphatic rings. The van der Waals surface area contributed by atoms with Crippen molar-refractivity contribution in [1.82, 2.24) is 5.32 Å². The molecule has 0 radical (unpaired) electrons. The van der Waals surface area contributed by atoms with Crippen molar-refractivity contribution in [2.24, 2.45) is 0 Å². The highest BCUT2D eigenvalue weighted by molar-refractivity contribution is 5.94. The number of benzene rings is 2. The normalized spacial score (nSPS) is 14.0. The van der Waals surface area contributed by atoms with Gasteiger partial charge in [-0.25, -0.2) is 4.39 Å². The summed E-state index contributed by atoms with van der Waals surface area (Å²) < 4.78 is 53.4. The van der Waals surface area contributed by atoms with Crippen molar-refractivity contribution in [3.8, 4) is 5.75 Å². The van der Waals surface area contributed by atoms with Crippen LogP contribution in [0.5, 0.6) is 5.75 Å². The van der Waals surface area contributed by atoms with E-state index in [0.717, 1.165) is 24.3 Å². The van der Waals surface area contributed by atoms with E-state index in [4.69, 9.17) is 5.11 Å². The number of phenolic OH excluding ortho intramolecular Hbond substituents is 1. The number of hydrogen-bond acceptors (Lipinski definition) is 3. The molecular formula is C16H13F4NO3. The lowest BCUT2D eigenvalue weighted by atomic mass is 9.93. The van der Waals surface area contributed by atoms with Crippen molar-refractivity contribution in [3.05, 3.63) is 65.5 Å². The van der Waals surface area contributed by atoms with E-state index in [1.807, 2.05) is 5.32 Å². The van der Waals surface area contributed by atoms with E-state index < -0.39 is 46.9 Å². The number of halogens is 4. The van der Waals surface area contributed by atoms with Crippen LogP contribution in [0.15, 0.2) is 48.5 Å². The number of carbonyl (C=O) groups excluding carboxylic acids is 1. The first-order valence-electron chi connectivity index (χ1n) is 6.76. The number of aliphatic hydroxyl groups is 1. The molecular weight excluding hydrogens is 330 g/mol. The largest absolute Gasteiger partial charge is 0.508 e. The summed E-state index contributed by atoms with van der Waals surface area (Å²) in [4.78, 5) is 11.9. The summed E-state index contributed by atoms with van der Waals surface area (Å²) in [5.74, 6) is -2.67. The number of hydrogen-bond donors (Lipinski definition) is 3. The summed E-state index contributed by atoms with van der Waals surface area (Å²) in [6.07, 6.45) is -5.06. The van der Waals surface area contributed by atoms with Gasteiger partial charge in [0.2, 0.25) is 5.60 Å². The maximum absolute atomic E-state index is 13.6. The van der Waals surface area contributed by atoms with Crippen LogP contribution < -0.4 is 5.32 Å². The fraction of sp³-hybridized carbons (Fsp3) is 0.188. The molecule has 0 aliphatic heterocycles. The minimum absolute atomic E-state index is 0.430. The zero-order valence-electron chi connectivity index (χ0n) is 12.1. The molecule has 3 N–H and O–H groups in total. The van der Waals surface area contributed by atoms with Crippen molar-refractivity contribution in [2.45, 2.75) is 11.8 Å². The predicted molar refractivity (Wildman–Crippen MR) is 76.8 cm³/mol. The van der Waals surface area contributed by atoms with Gasteiger partial charge in [0, 0.05) is 6.07 Å². The van der Waals surface area contributed by atoms with Crippen LogP contribution in [0.1, 0.15) is 15.9 Å². The minimum Gasteiger partial charge on any atom is -0.508 e. The summed E-state index contributed by atoms with van der Waals surface area (Å²) in [7, 11) is 0. The third kappa shape index (κ3) is 3.48. The second kappa shape index (κ2) is 6.48. The molecule has 0 heterocycles. The van der Waals surface area contributed by atoms with E-state index in [2.05, 4.69) is 0 Å². The van der Waals surface area contributed by atoms with Crippen LogP contribution in [-0.4, -0.2) is 28.8 Å². The molecule has 0 saturated carbocycles. The summed E-state index contributed by atoms with van der Waals surface area (Å²) in [5, 5.41) is 21.0. The maximum Gasteiger partial charge on any atom is 0.423 e. The molecule has 2 aromatic carbocycles. The highest BCUT2D eigenvalue weighted by atomic mass is 19.4. The molecule has 1 amide bonds. The smallest absolute Gasteiger partial charge is 0.423 e. The van der Waals surface area contributed by atoms with Gasteiger partial charge in [-0.3, -0.25) is 4.79 Å². The van der Waals surface area contributed by atoms with Crippen molar-refractivity contribution in [2.75, 3.05) is 6.54 Å². The highest BCUT2D eigenvalue weighted by Crippen LogP contribution is 2.38. The Morgan fingerprint density at radius 2 is 1.71 bits per heavy atom. The SMILES string of the molecule is O=C(NC[C@@](O)(c1ccccc1)C(F)(F)F)c1ccc(O)cc1F. The molecule has 0 unspecified atom stereocenters. The molecule has 24 heavy (non-hydrogen) atoms. The first kappa shape index (κ1) is 17.7. The minimum atomic E-state index is -5.06. The molecule has 2 rings (SSSR count). The van der Waals surface area contributed by atoms with Gasteiger partial charge >= 0.3 is 6.18 Å². The van der Waals surface area contributed by atoms with Gasteiger partial charge in [0.15, 0.2) is 0 Å². The zero-order valence-corrected chi connectivity index (χ0v) is 12.1. The molecule has 4 nitrogen and oxygen atoms in total. The Labute approximate surface area is 134 Å². The Morgan fingerprint density at radius 1 is 1.08 bits per heavy atom. The van der Waals surface area contributed by atoms with Crippen LogP contribution in [-0.2, 0) is 5.60 Å². The average molecular weight is 343 g/mol. The number of nitrogens with one attached hydrogen (secondary N) is 1. The van der Waals surface area contributed by atoms with Crippen LogP contribution in [0.3, 0.4) is 0 Å². The van der Waals surface area contributed by atoms with Crippen LogP contribution in [0.4, 0.5) is 17.6 Å². The molecule has 0 saturated heterocycles. The van der Waals surface area contributed by atoms with Gasteiger partial charge in [0.1, 0.15) is 11.6 Å². The summed E-state index contributed by atoms with van der Waals surface area (Å²) in [5.41, 5.74) is -4.33. The topological polar surface area (TPSA) is 69.6 Å². The summed E-state index contributed by atoms with van der Waals surface area (Å²) in [6, 6.07) is 8.84. The molecule has 0 aromatic heterocycles. The molecule has 2 aromatic rings. The van der Waals surface area contributed by atoms with Crippen molar-refractivity contribution < 1.29 is 32.6 Å². The van der Waals surface area contributed by atoms with E-state index in [1.165, 1.54) is 18.2 Å². The van der Waals surface area contributed by atoms with Crippen LogP contribution in [0.25, 0.3) is 0 Å². The zero-order chi connectivity index (χ0) is 18.0. The van der Waals surface area contributed by atoms with E-state index in [1.54, 1.807) is 0 Å². The van der Waals surface area contributed by atoms with Gasteiger partial charge < -0.3 is 15.5 Å². The molecule has 0 fully saturated rings. The Balaban J connectivity index is 2.24. The lowest BCUT2D eigenvalue weighted by Crippen LogP contribution is -2.51. The Morgan fingerprint density at radius 3 is 2.25 bits per heavy atom. The third-order valence-corrected chi connectivity index (χ3v) is 3.42. The fourth-order valence-corrected chi connectivity index (χ4v) is 2.07. The number of phenols is 1. The third-order valence-electron chi connectivity index (χ3n) is 3.42. The van der Waals surface area contributed by atoms with E-state index in [9.17, 15) is 27.5 Å². The highest BCUT2D eigenvalue weighted by Gasteiger charge is 2.55. The summed E-state index contributed by atoms with van der Waals surface area (Å²) >= 11 is 0. The molecule has 0 bridgehead atoms. The molecule has 8 heteroatoms. The molecule has 0 aliphatic carbocycles. The number of amides is 1. The number of carbonyl (C=O) groups is 1. The Kier molecular flexibility index (Phi) is 4.79. The van der Waals surface area contributed by atoms with Crippen LogP contribution in [0.2, 0.25) is 0 Å². The van der Waals surface area contributed by atoms with Gasteiger partial charge in [-0.05, 0) is 17.7 Å².